The molecule has 2 N–H and O–H groups in total. The van der Waals surface area contributed by atoms with Gasteiger partial charge in [0.1, 0.15) is 5.60 Å². The van der Waals surface area contributed by atoms with Crippen LogP contribution in [0.5, 0.6) is 0 Å². The van der Waals surface area contributed by atoms with E-state index in [1.807, 2.05) is 18.7 Å². The molecule has 0 aliphatic rings. The molecule has 164 valence electrons. The molecule has 0 saturated heterocycles. The molecule has 0 fully saturated rings. The number of carbonyl (C=O) groups is 2. The molecule has 0 aliphatic carbocycles. The number of fused-ring (bicyclic) bond motifs is 1. The van der Waals surface area contributed by atoms with Gasteiger partial charge in [0.25, 0.3) is 6.01 Å². The van der Waals surface area contributed by atoms with Crippen molar-refractivity contribution in [3.05, 3.63) is 28.1 Å². The molecule has 9 heteroatoms. The van der Waals surface area contributed by atoms with Crippen LogP contribution < -0.4 is 16.3 Å². The summed E-state index contributed by atoms with van der Waals surface area (Å²) in [6.07, 6.45) is -0.618. The van der Waals surface area contributed by atoms with Crippen molar-refractivity contribution in [1.82, 2.24) is 9.88 Å². The van der Waals surface area contributed by atoms with Gasteiger partial charge in [-0.15, -0.1) is 0 Å². The predicted octanol–water partition coefficient (Wildman–Crippen LogP) is 3.17. The van der Waals surface area contributed by atoms with Gasteiger partial charge in [0.15, 0.2) is 5.78 Å². The third-order valence-corrected chi connectivity index (χ3v) is 4.43. The van der Waals surface area contributed by atoms with Crippen LogP contribution in [-0.4, -0.2) is 53.5 Å². The lowest BCUT2D eigenvalue weighted by molar-refractivity contribution is -0.118. The van der Waals surface area contributed by atoms with Crippen molar-refractivity contribution in [3.63, 3.8) is 0 Å². The number of aromatic nitrogens is 1. The van der Waals surface area contributed by atoms with E-state index < -0.39 is 17.3 Å². The number of anilines is 2. The molecule has 0 aliphatic heterocycles. The molecule has 0 radical (unpaired) electrons. The van der Waals surface area contributed by atoms with Crippen LogP contribution in [0.15, 0.2) is 21.3 Å². The molecule has 1 aromatic carbocycles. The Morgan fingerprint density at radius 1 is 1.20 bits per heavy atom. The molecule has 1 amide bonds. The van der Waals surface area contributed by atoms with Gasteiger partial charge in [-0.1, -0.05) is 13.8 Å². The number of Topliss-reactive ketones (excluding diaryl/α,β-unsaturated/α-hetero) is 1. The maximum Gasteiger partial charge on any atom is 0.412 e. The van der Waals surface area contributed by atoms with E-state index in [9.17, 15) is 14.4 Å². The second kappa shape index (κ2) is 9.71. The summed E-state index contributed by atoms with van der Waals surface area (Å²) in [6, 6.07) is 3.23. The summed E-state index contributed by atoms with van der Waals surface area (Å²) < 4.78 is 10.5. The largest absolute Gasteiger partial charge is 0.444 e. The Kier molecular flexibility index (Phi) is 7.55. The molecular formula is C21H30N4O5. The van der Waals surface area contributed by atoms with Gasteiger partial charge in [-0.25, -0.2) is 9.59 Å². The smallest absolute Gasteiger partial charge is 0.412 e. The SMILES string of the molecule is CCN(CC)CC(=O)CNc1nc2ccc(NC(=O)OC(C)(C)C)c(C)c2c(=O)o1. The normalized spacial score (nSPS) is 11.6. The summed E-state index contributed by atoms with van der Waals surface area (Å²) >= 11 is 0. The van der Waals surface area contributed by atoms with E-state index >= 15 is 0 Å². The second-order valence-corrected chi connectivity index (χ2v) is 7.92. The van der Waals surface area contributed by atoms with Crippen LogP contribution in [0.25, 0.3) is 10.9 Å². The van der Waals surface area contributed by atoms with Crippen LogP contribution >= 0.6 is 0 Å². The number of hydrogen-bond acceptors (Lipinski definition) is 8. The lowest BCUT2D eigenvalue weighted by Gasteiger charge is -2.20. The monoisotopic (exact) mass is 418 g/mol. The quantitative estimate of drug-likeness (QED) is 0.672. The second-order valence-electron chi connectivity index (χ2n) is 7.92. The van der Waals surface area contributed by atoms with E-state index in [1.54, 1.807) is 39.8 Å². The summed E-state index contributed by atoms with van der Waals surface area (Å²) in [7, 11) is 0. The number of nitrogens with zero attached hydrogens (tertiary/aromatic N) is 2. The van der Waals surface area contributed by atoms with E-state index in [2.05, 4.69) is 15.6 Å². The number of carbonyl (C=O) groups excluding carboxylic acids is 2. The lowest BCUT2D eigenvalue weighted by atomic mass is 10.1. The molecule has 2 aromatic rings. The van der Waals surface area contributed by atoms with E-state index in [-0.39, 0.29) is 23.7 Å². The van der Waals surface area contributed by atoms with E-state index in [0.717, 1.165) is 13.1 Å². The van der Waals surface area contributed by atoms with Crippen LogP contribution in [0.2, 0.25) is 0 Å². The first-order valence-corrected chi connectivity index (χ1v) is 9.96. The maximum absolute atomic E-state index is 12.5. The number of aryl methyl sites for hydroxylation is 1. The fourth-order valence-corrected chi connectivity index (χ4v) is 2.87. The molecule has 0 saturated carbocycles. The van der Waals surface area contributed by atoms with Crippen LogP contribution in [0.3, 0.4) is 0 Å². The minimum atomic E-state index is -0.640. The highest BCUT2D eigenvalue weighted by Gasteiger charge is 2.18. The van der Waals surface area contributed by atoms with Gasteiger partial charge in [0, 0.05) is 5.69 Å². The Hall–Kier alpha value is -2.94. The fourth-order valence-electron chi connectivity index (χ4n) is 2.87. The molecule has 0 spiro atoms. The number of benzene rings is 1. The van der Waals surface area contributed by atoms with Crippen LogP contribution in [0.1, 0.15) is 40.2 Å². The number of nitrogens with one attached hydrogen (secondary N) is 2. The fraction of sp³-hybridized carbons (Fsp3) is 0.524. The summed E-state index contributed by atoms with van der Waals surface area (Å²) in [5, 5.41) is 5.67. The minimum absolute atomic E-state index is 0.00914. The molecule has 30 heavy (non-hydrogen) atoms. The number of ether oxygens (including phenoxy) is 1. The van der Waals surface area contributed by atoms with Gasteiger partial charge in [0.2, 0.25) is 0 Å². The van der Waals surface area contributed by atoms with E-state index in [4.69, 9.17) is 9.15 Å². The zero-order valence-corrected chi connectivity index (χ0v) is 18.4. The number of likely N-dealkylation sites (N-methyl/N-ethyl adjacent to an activating group) is 1. The van der Waals surface area contributed by atoms with Crippen molar-refractivity contribution in [1.29, 1.82) is 0 Å². The Bertz CT molecular complexity index is 974. The van der Waals surface area contributed by atoms with Crippen molar-refractivity contribution in [2.45, 2.75) is 47.1 Å². The van der Waals surface area contributed by atoms with Crippen molar-refractivity contribution in [3.8, 4) is 0 Å². The molecule has 2 rings (SSSR count). The third kappa shape index (κ3) is 6.28. The summed E-state index contributed by atoms with van der Waals surface area (Å²) in [5.41, 5.74) is 0.101. The van der Waals surface area contributed by atoms with Crippen molar-refractivity contribution in [2.75, 3.05) is 36.8 Å². The highest BCUT2D eigenvalue weighted by molar-refractivity contribution is 5.93. The Morgan fingerprint density at radius 2 is 1.87 bits per heavy atom. The Morgan fingerprint density at radius 3 is 2.47 bits per heavy atom. The number of amides is 1. The summed E-state index contributed by atoms with van der Waals surface area (Å²) in [5.74, 6) is -0.0312. The summed E-state index contributed by atoms with van der Waals surface area (Å²) in [6.45, 7) is 12.8. The topological polar surface area (TPSA) is 114 Å². The first kappa shape index (κ1) is 23.3. The van der Waals surface area contributed by atoms with Gasteiger partial charge in [0.05, 0.1) is 24.0 Å². The number of rotatable bonds is 8. The van der Waals surface area contributed by atoms with Gasteiger partial charge in [-0.05, 0) is 58.5 Å². The van der Waals surface area contributed by atoms with Crippen LogP contribution in [0, 0.1) is 6.92 Å². The zero-order chi connectivity index (χ0) is 22.5. The molecule has 9 nitrogen and oxygen atoms in total. The Balaban J connectivity index is 2.17. The van der Waals surface area contributed by atoms with Gasteiger partial charge in [-0.3, -0.25) is 15.0 Å². The minimum Gasteiger partial charge on any atom is -0.444 e. The average Bonchev–Trinajstić information content (AvgIpc) is 2.65. The lowest BCUT2D eigenvalue weighted by Crippen LogP contribution is -2.32. The number of ketones is 1. The first-order chi connectivity index (χ1) is 14.0. The standard InChI is InChI=1S/C21H30N4O5/c1-7-25(8-2)12-14(26)11-22-19-23-16-10-9-15(13(3)17(16)18(27)29-19)24-20(28)30-21(4,5)6/h9-10H,7-8,11-12H2,1-6H3,(H,22,23)(H,24,28). The molecule has 0 atom stereocenters. The summed E-state index contributed by atoms with van der Waals surface area (Å²) in [4.78, 5) is 42.9. The average molecular weight is 418 g/mol. The third-order valence-electron chi connectivity index (χ3n) is 4.43. The first-order valence-electron chi connectivity index (χ1n) is 9.96. The molecule has 0 bridgehead atoms. The predicted molar refractivity (Wildman–Crippen MR) is 116 cm³/mol. The molecular weight excluding hydrogens is 388 g/mol. The number of hydrogen-bond donors (Lipinski definition) is 2. The zero-order valence-electron chi connectivity index (χ0n) is 18.4. The molecule has 1 aromatic heterocycles. The van der Waals surface area contributed by atoms with Gasteiger partial charge in [-0.2, -0.15) is 4.98 Å². The van der Waals surface area contributed by atoms with Crippen LogP contribution in [0.4, 0.5) is 16.5 Å². The van der Waals surface area contributed by atoms with Gasteiger partial charge >= 0.3 is 11.7 Å². The van der Waals surface area contributed by atoms with Gasteiger partial charge < -0.3 is 14.5 Å². The molecule has 1 heterocycles. The Labute approximate surface area is 175 Å². The maximum atomic E-state index is 12.5. The highest BCUT2D eigenvalue weighted by Crippen LogP contribution is 2.23. The van der Waals surface area contributed by atoms with Crippen molar-refractivity contribution >= 4 is 34.5 Å². The van der Waals surface area contributed by atoms with Crippen molar-refractivity contribution in [2.24, 2.45) is 0 Å². The highest BCUT2D eigenvalue weighted by atomic mass is 16.6. The van der Waals surface area contributed by atoms with Crippen LogP contribution in [-0.2, 0) is 9.53 Å². The molecule has 0 unspecified atom stereocenters. The van der Waals surface area contributed by atoms with E-state index in [1.165, 1.54) is 0 Å². The van der Waals surface area contributed by atoms with E-state index in [0.29, 0.717) is 23.3 Å². The van der Waals surface area contributed by atoms with Crippen molar-refractivity contribution < 1.29 is 18.7 Å².